The Balaban J connectivity index is 1.88. The van der Waals surface area contributed by atoms with Crippen molar-refractivity contribution in [3.63, 3.8) is 0 Å². The average Bonchev–Trinajstić information content (AvgIpc) is 2.94. The summed E-state index contributed by atoms with van der Waals surface area (Å²) in [6.07, 6.45) is 2.38. The van der Waals surface area contributed by atoms with E-state index in [2.05, 4.69) is 21.2 Å². The fraction of sp³-hybridized carbons (Fsp3) is 0.355. The fourth-order valence-electron chi connectivity index (χ4n) is 4.39. The molecule has 0 fully saturated rings. The van der Waals surface area contributed by atoms with E-state index in [0.29, 0.717) is 12.1 Å². The molecule has 41 heavy (non-hydrogen) atoms. The van der Waals surface area contributed by atoms with Gasteiger partial charge in [0.2, 0.25) is 21.8 Å². The van der Waals surface area contributed by atoms with Gasteiger partial charge >= 0.3 is 0 Å². The van der Waals surface area contributed by atoms with Gasteiger partial charge in [-0.2, -0.15) is 0 Å². The highest BCUT2D eigenvalue weighted by Gasteiger charge is 2.31. The van der Waals surface area contributed by atoms with E-state index in [4.69, 9.17) is 0 Å². The van der Waals surface area contributed by atoms with E-state index in [1.807, 2.05) is 68.4 Å². The maximum Gasteiger partial charge on any atom is 0.243 e. The molecule has 0 aliphatic rings. The Morgan fingerprint density at radius 3 is 2.17 bits per heavy atom. The first-order chi connectivity index (χ1) is 19.5. The molecular formula is C31H37BrFN3O4S. The lowest BCUT2D eigenvalue weighted by molar-refractivity contribution is -0.141. The number of benzene rings is 3. The van der Waals surface area contributed by atoms with Crippen LogP contribution in [-0.2, 0) is 32.6 Å². The van der Waals surface area contributed by atoms with Crippen LogP contribution in [0.3, 0.4) is 0 Å². The van der Waals surface area contributed by atoms with Gasteiger partial charge in [0.25, 0.3) is 0 Å². The summed E-state index contributed by atoms with van der Waals surface area (Å²) in [6, 6.07) is 21.5. The zero-order chi connectivity index (χ0) is 30.0. The first-order valence-electron chi connectivity index (χ1n) is 13.6. The second kappa shape index (κ2) is 15.1. The van der Waals surface area contributed by atoms with Gasteiger partial charge in [0.15, 0.2) is 0 Å². The van der Waals surface area contributed by atoms with Crippen LogP contribution < -0.4 is 9.62 Å². The van der Waals surface area contributed by atoms with E-state index >= 15 is 0 Å². The Hall–Kier alpha value is -3.24. The molecule has 10 heteroatoms. The Morgan fingerprint density at radius 1 is 0.951 bits per heavy atom. The van der Waals surface area contributed by atoms with E-state index in [1.165, 1.54) is 24.3 Å². The highest BCUT2D eigenvalue weighted by Crippen LogP contribution is 2.21. The predicted octanol–water partition coefficient (Wildman–Crippen LogP) is 5.69. The third-order valence-corrected chi connectivity index (χ3v) is 8.53. The van der Waals surface area contributed by atoms with Crippen molar-refractivity contribution in [2.45, 2.75) is 58.2 Å². The minimum absolute atomic E-state index is 0.0195. The number of rotatable bonds is 14. The van der Waals surface area contributed by atoms with Crippen molar-refractivity contribution in [3.05, 3.63) is 100 Å². The molecule has 1 N–H and O–H groups in total. The lowest BCUT2D eigenvalue weighted by Crippen LogP contribution is -2.52. The van der Waals surface area contributed by atoms with Crippen LogP contribution in [0.15, 0.2) is 83.3 Å². The maximum atomic E-state index is 13.8. The smallest absolute Gasteiger partial charge is 0.243 e. The van der Waals surface area contributed by atoms with Crippen molar-refractivity contribution < 1.29 is 22.4 Å². The highest BCUT2D eigenvalue weighted by atomic mass is 79.9. The Morgan fingerprint density at radius 2 is 1.59 bits per heavy atom. The molecule has 7 nitrogen and oxygen atoms in total. The standard InChI is InChI=1S/C31H37BrFN3O4S/c1-4-23(2)34-31(38)29(21-24-9-6-5-7-10-24)35(22-25-12-14-26(32)15-13-25)30(37)11-8-20-36(41(3,39)40)28-18-16-27(33)17-19-28/h5-7,9-10,12-19,23,29H,4,8,11,20-22H2,1-3H3,(H,34,38). The van der Waals surface area contributed by atoms with Crippen LogP contribution in [-0.4, -0.2) is 50.0 Å². The van der Waals surface area contributed by atoms with E-state index in [0.717, 1.165) is 32.6 Å². The molecule has 0 bridgehead atoms. The molecule has 0 aliphatic carbocycles. The highest BCUT2D eigenvalue weighted by molar-refractivity contribution is 9.10. The summed E-state index contributed by atoms with van der Waals surface area (Å²) in [5, 5.41) is 3.04. The number of hydrogen-bond donors (Lipinski definition) is 1. The molecule has 0 saturated heterocycles. The molecule has 2 atom stereocenters. The van der Waals surface area contributed by atoms with E-state index in [9.17, 15) is 22.4 Å². The molecule has 3 aromatic carbocycles. The van der Waals surface area contributed by atoms with Crippen LogP contribution in [0.2, 0.25) is 0 Å². The summed E-state index contributed by atoms with van der Waals surface area (Å²) in [6.45, 7) is 4.15. The molecular weight excluding hydrogens is 609 g/mol. The molecule has 0 radical (unpaired) electrons. The third kappa shape index (κ3) is 9.97. The number of nitrogens with one attached hydrogen (secondary N) is 1. The quantitative estimate of drug-likeness (QED) is 0.244. The van der Waals surface area contributed by atoms with E-state index in [1.54, 1.807) is 4.90 Å². The second-order valence-corrected chi connectivity index (χ2v) is 12.9. The van der Waals surface area contributed by atoms with Crippen LogP contribution in [0.5, 0.6) is 0 Å². The maximum absolute atomic E-state index is 13.8. The minimum atomic E-state index is -3.67. The average molecular weight is 647 g/mol. The number of amides is 2. The summed E-state index contributed by atoms with van der Waals surface area (Å²) < 4.78 is 40.5. The molecule has 0 spiro atoms. The number of carbonyl (C=O) groups is 2. The molecule has 3 rings (SSSR count). The Kier molecular flexibility index (Phi) is 11.9. The van der Waals surface area contributed by atoms with Crippen molar-refractivity contribution in [1.82, 2.24) is 10.2 Å². The summed E-state index contributed by atoms with van der Waals surface area (Å²) in [5.74, 6) is -0.973. The molecule has 0 saturated carbocycles. The van der Waals surface area contributed by atoms with Gasteiger partial charge < -0.3 is 10.2 Å². The molecule has 220 valence electrons. The van der Waals surface area contributed by atoms with Gasteiger partial charge in [-0.1, -0.05) is 65.3 Å². The van der Waals surface area contributed by atoms with Gasteiger partial charge in [-0.3, -0.25) is 13.9 Å². The normalized spacial score (nSPS) is 12.8. The largest absolute Gasteiger partial charge is 0.352 e. The number of carbonyl (C=O) groups excluding carboxylic acids is 2. The van der Waals surface area contributed by atoms with Crippen LogP contribution in [0.1, 0.15) is 44.2 Å². The molecule has 0 heterocycles. The molecule has 2 amide bonds. The van der Waals surface area contributed by atoms with E-state index in [-0.39, 0.29) is 43.8 Å². The van der Waals surface area contributed by atoms with Crippen molar-refractivity contribution in [2.24, 2.45) is 0 Å². The summed E-state index contributed by atoms with van der Waals surface area (Å²) in [5.41, 5.74) is 2.10. The van der Waals surface area contributed by atoms with Gasteiger partial charge in [-0.05, 0) is 67.3 Å². The van der Waals surface area contributed by atoms with Crippen LogP contribution in [0.25, 0.3) is 0 Å². The van der Waals surface area contributed by atoms with Gasteiger partial charge in [0.05, 0.1) is 11.9 Å². The predicted molar refractivity (Wildman–Crippen MR) is 164 cm³/mol. The zero-order valence-corrected chi connectivity index (χ0v) is 26.0. The number of sulfonamides is 1. The second-order valence-electron chi connectivity index (χ2n) is 10.1. The van der Waals surface area contributed by atoms with Crippen molar-refractivity contribution >= 4 is 43.5 Å². The fourth-order valence-corrected chi connectivity index (χ4v) is 5.62. The molecule has 2 unspecified atom stereocenters. The summed E-state index contributed by atoms with van der Waals surface area (Å²) in [7, 11) is -3.67. The van der Waals surface area contributed by atoms with Crippen molar-refractivity contribution in [2.75, 3.05) is 17.1 Å². The number of nitrogens with zero attached hydrogens (tertiary/aromatic N) is 2. The van der Waals surface area contributed by atoms with Gasteiger partial charge in [0, 0.05) is 36.4 Å². The Bertz CT molecular complexity index is 1390. The van der Waals surface area contributed by atoms with Crippen LogP contribution in [0.4, 0.5) is 10.1 Å². The molecule has 0 aromatic heterocycles. The van der Waals surface area contributed by atoms with Gasteiger partial charge in [-0.25, -0.2) is 12.8 Å². The molecule has 3 aromatic rings. The first-order valence-corrected chi connectivity index (χ1v) is 16.2. The number of halogens is 2. The summed E-state index contributed by atoms with van der Waals surface area (Å²) >= 11 is 3.44. The van der Waals surface area contributed by atoms with E-state index < -0.39 is 21.9 Å². The van der Waals surface area contributed by atoms with Crippen molar-refractivity contribution in [1.29, 1.82) is 0 Å². The topological polar surface area (TPSA) is 86.8 Å². The third-order valence-electron chi connectivity index (χ3n) is 6.81. The lowest BCUT2D eigenvalue weighted by Gasteiger charge is -2.32. The Labute approximate surface area is 250 Å². The number of anilines is 1. The monoisotopic (exact) mass is 645 g/mol. The minimum Gasteiger partial charge on any atom is -0.352 e. The van der Waals surface area contributed by atoms with Crippen molar-refractivity contribution in [3.8, 4) is 0 Å². The SMILES string of the molecule is CCC(C)NC(=O)C(Cc1ccccc1)N(Cc1ccc(Br)cc1)C(=O)CCCN(c1ccc(F)cc1)S(C)(=O)=O. The molecule has 0 aliphatic heterocycles. The van der Waals surface area contributed by atoms with Gasteiger partial charge in [0.1, 0.15) is 11.9 Å². The van der Waals surface area contributed by atoms with Crippen LogP contribution in [0, 0.1) is 5.82 Å². The zero-order valence-electron chi connectivity index (χ0n) is 23.6. The number of hydrogen-bond acceptors (Lipinski definition) is 4. The lowest BCUT2D eigenvalue weighted by atomic mass is 10.0. The summed E-state index contributed by atoms with van der Waals surface area (Å²) in [4.78, 5) is 29.0. The van der Waals surface area contributed by atoms with Gasteiger partial charge in [-0.15, -0.1) is 0 Å². The first kappa shape index (κ1) is 32.3. The van der Waals surface area contributed by atoms with Crippen LogP contribution >= 0.6 is 15.9 Å².